The summed E-state index contributed by atoms with van der Waals surface area (Å²) >= 11 is 0. The number of nitrogens with zero attached hydrogens (tertiary/aromatic N) is 1. The fourth-order valence-corrected chi connectivity index (χ4v) is 2.00. The van der Waals surface area contributed by atoms with E-state index in [2.05, 4.69) is 11.8 Å². The van der Waals surface area contributed by atoms with Gasteiger partial charge >= 0.3 is 0 Å². The Bertz CT molecular complexity index is 256. The summed E-state index contributed by atoms with van der Waals surface area (Å²) in [4.78, 5) is 13.3. The molecule has 16 heavy (non-hydrogen) atoms. The molecule has 0 aromatic heterocycles. The van der Waals surface area contributed by atoms with Crippen LogP contribution in [0.25, 0.3) is 0 Å². The van der Waals surface area contributed by atoms with E-state index in [0.29, 0.717) is 12.5 Å². The van der Waals surface area contributed by atoms with Crippen LogP contribution in [-0.2, 0) is 9.53 Å². The first-order valence-electron chi connectivity index (χ1n) is 5.75. The van der Waals surface area contributed by atoms with Gasteiger partial charge in [-0.15, -0.1) is 0 Å². The Morgan fingerprint density at radius 3 is 2.69 bits per heavy atom. The quantitative estimate of drug-likeness (QED) is 0.677. The molecule has 1 aliphatic heterocycles. The molecule has 3 unspecified atom stereocenters. The highest BCUT2D eigenvalue weighted by Gasteiger charge is 2.30. The summed E-state index contributed by atoms with van der Waals surface area (Å²) in [5.41, 5.74) is 10.1. The first kappa shape index (κ1) is 13.4. The molecule has 5 heteroatoms. The van der Waals surface area contributed by atoms with Gasteiger partial charge in [-0.25, -0.2) is 0 Å². The van der Waals surface area contributed by atoms with Crippen LogP contribution in [0.3, 0.4) is 0 Å². The Kier molecular flexibility index (Phi) is 4.29. The highest BCUT2D eigenvalue weighted by molar-refractivity contribution is 5.83. The molecule has 0 bridgehead atoms. The van der Waals surface area contributed by atoms with Gasteiger partial charge in [0.15, 0.2) is 0 Å². The maximum Gasteiger partial charge on any atom is 0.237 e. The smallest absolute Gasteiger partial charge is 0.237 e. The van der Waals surface area contributed by atoms with Gasteiger partial charge in [-0.2, -0.15) is 0 Å². The van der Waals surface area contributed by atoms with Crippen LogP contribution >= 0.6 is 0 Å². The molecule has 0 spiro atoms. The van der Waals surface area contributed by atoms with Crippen molar-refractivity contribution in [2.24, 2.45) is 11.5 Å². The second kappa shape index (κ2) is 5.12. The number of amides is 1. The number of likely N-dealkylation sites (N-methyl/N-ethyl adjacent to an activating group) is 1. The molecule has 1 fully saturated rings. The zero-order valence-corrected chi connectivity index (χ0v) is 10.4. The standard InChI is InChI=1S/C11H23N3O2/c1-8-9(4-7-16-8)14(3)6-5-11(2,13)10(12)15/h8-9H,4-7,13H2,1-3H3,(H2,12,15). The van der Waals surface area contributed by atoms with Gasteiger partial charge in [0.25, 0.3) is 0 Å². The zero-order chi connectivity index (χ0) is 12.3. The van der Waals surface area contributed by atoms with Gasteiger partial charge in [0, 0.05) is 19.2 Å². The largest absolute Gasteiger partial charge is 0.377 e. The van der Waals surface area contributed by atoms with Crippen molar-refractivity contribution in [1.29, 1.82) is 0 Å². The van der Waals surface area contributed by atoms with Crippen molar-refractivity contribution < 1.29 is 9.53 Å². The van der Waals surface area contributed by atoms with E-state index >= 15 is 0 Å². The molecular formula is C11H23N3O2. The predicted molar refractivity (Wildman–Crippen MR) is 62.9 cm³/mol. The third-order valence-electron chi connectivity index (χ3n) is 3.45. The number of primary amides is 1. The maximum absolute atomic E-state index is 11.1. The third kappa shape index (κ3) is 3.17. The lowest BCUT2D eigenvalue weighted by Gasteiger charge is -2.29. The van der Waals surface area contributed by atoms with Crippen LogP contribution in [0.1, 0.15) is 26.7 Å². The molecule has 1 aliphatic rings. The minimum atomic E-state index is -0.920. The first-order valence-corrected chi connectivity index (χ1v) is 5.75. The first-order chi connectivity index (χ1) is 7.34. The van der Waals surface area contributed by atoms with E-state index in [9.17, 15) is 4.79 Å². The molecule has 1 heterocycles. The van der Waals surface area contributed by atoms with Crippen LogP contribution in [-0.4, -0.2) is 48.7 Å². The summed E-state index contributed by atoms with van der Waals surface area (Å²) < 4.78 is 5.50. The molecular weight excluding hydrogens is 206 g/mol. The molecule has 0 aromatic rings. The van der Waals surface area contributed by atoms with E-state index in [-0.39, 0.29) is 6.10 Å². The van der Waals surface area contributed by atoms with Crippen molar-refractivity contribution in [3.05, 3.63) is 0 Å². The number of hydrogen-bond acceptors (Lipinski definition) is 4. The number of carbonyl (C=O) groups excluding carboxylic acids is 1. The Balaban J connectivity index is 2.40. The lowest BCUT2D eigenvalue weighted by molar-refractivity contribution is -0.122. The molecule has 0 aliphatic carbocycles. The topological polar surface area (TPSA) is 81.6 Å². The molecule has 4 N–H and O–H groups in total. The Hall–Kier alpha value is -0.650. The highest BCUT2D eigenvalue weighted by Crippen LogP contribution is 2.19. The Labute approximate surface area is 97.1 Å². The third-order valence-corrected chi connectivity index (χ3v) is 3.45. The van der Waals surface area contributed by atoms with Crippen molar-refractivity contribution >= 4 is 5.91 Å². The predicted octanol–water partition coefficient (Wildman–Crippen LogP) is -0.312. The molecule has 0 aromatic carbocycles. The fraction of sp³-hybridized carbons (Fsp3) is 0.909. The van der Waals surface area contributed by atoms with E-state index in [1.54, 1.807) is 6.92 Å². The van der Waals surface area contributed by atoms with E-state index in [1.165, 1.54) is 0 Å². The minimum absolute atomic E-state index is 0.252. The van der Waals surface area contributed by atoms with Crippen LogP contribution in [0.2, 0.25) is 0 Å². The summed E-state index contributed by atoms with van der Waals surface area (Å²) in [6.07, 6.45) is 1.86. The molecule has 0 saturated carbocycles. The van der Waals surface area contributed by atoms with Crippen molar-refractivity contribution in [3.63, 3.8) is 0 Å². The molecule has 3 atom stereocenters. The van der Waals surface area contributed by atoms with E-state index in [0.717, 1.165) is 19.6 Å². The number of nitrogens with two attached hydrogens (primary N) is 2. The van der Waals surface area contributed by atoms with Gasteiger partial charge < -0.3 is 21.1 Å². The van der Waals surface area contributed by atoms with E-state index in [4.69, 9.17) is 16.2 Å². The lowest BCUT2D eigenvalue weighted by atomic mass is 9.97. The molecule has 0 radical (unpaired) electrons. The van der Waals surface area contributed by atoms with Gasteiger partial charge in [-0.05, 0) is 33.7 Å². The molecule has 94 valence electrons. The van der Waals surface area contributed by atoms with Crippen LogP contribution in [0, 0.1) is 0 Å². The summed E-state index contributed by atoms with van der Waals surface area (Å²) in [6.45, 7) is 5.32. The van der Waals surface area contributed by atoms with Gasteiger partial charge in [0.2, 0.25) is 5.91 Å². The van der Waals surface area contributed by atoms with Crippen LogP contribution in [0.4, 0.5) is 0 Å². The van der Waals surface area contributed by atoms with Crippen molar-refractivity contribution in [3.8, 4) is 0 Å². The molecule has 5 nitrogen and oxygen atoms in total. The van der Waals surface area contributed by atoms with Crippen LogP contribution < -0.4 is 11.5 Å². The normalized spacial score (nSPS) is 29.3. The number of hydrogen-bond donors (Lipinski definition) is 2. The average Bonchev–Trinajstić information content (AvgIpc) is 2.61. The summed E-state index contributed by atoms with van der Waals surface area (Å²) in [5, 5.41) is 0. The average molecular weight is 229 g/mol. The second-order valence-corrected chi connectivity index (χ2v) is 4.94. The zero-order valence-electron chi connectivity index (χ0n) is 10.4. The second-order valence-electron chi connectivity index (χ2n) is 4.94. The fourth-order valence-electron chi connectivity index (χ4n) is 2.00. The van der Waals surface area contributed by atoms with Crippen LogP contribution in [0.5, 0.6) is 0 Å². The molecule has 1 saturated heterocycles. The molecule has 1 amide bonds. The number of carbonyl (C=O) groups is 1. The number of ether oxygens (including phenoxy) is 1. The molecule has 1 rings (SSSR count). The minimum Gasteiger partial charge on any atom is -0.377 e. The van der Waals surface area contributed by atoms with Gasteiger partial charge in [0.05, 0.1) is 11.6 Å². The van der Waals surface area contributed by atoms with Crippen molar-refractivity contribution in [1.82, 2.24) is 4.90 Å². The Morgan fingerprint density at radius 1 is 1.62 bits per heavy atom. The van der Waals surface area contributed by atoms with E-state index in [1.807, 2.05) is 7.05 Å². The SMILES string of the molecule is CC1OCCC1N(C)CCC(C)(N)C(N)=O. The van der Waals surface area contributed by atoms with Gasteiger partial charge in [-0.1, -0.05) is 0 Å². The summed E-state index contributed by atoms with van der Waals surface area (Å²) in [7, 11) is 2.03. The number of rotatable bonds is 5. The van der Waals surface area contributed by atoms with E-state index < -0.39 is 11.4 Å². The summed E-state index contributed by atoms with van der Waals surface area (Å²) in [6, 6.07) is 0.420. The van der Waals surface area contributed by atoms with Crippen LogP contribution in [0.15, 0.2) is 0 Å². The van der Waals surface area contributed by atoms with Gasteiger partial charge in [-0.3, -0.25) is 4.79 Å². The lowest BCUT2D eigenvalue weighted by Crippen LogP contribution is -2.51. The van der Waals surface area contributed by atoms with Crippen molar-refractivity contribution in [2.75, 3.05) is 20.2 Å². The van der Waals surface area contributed by atoms with Gasteiger partial charge in [0.1, 0.15) is 0 Å². The Morgan fingerprint density at radius 2 is 2.25 bits per heavy atom. The summed E-state index contributed by atoms with van der Waals surface area (Å²) in [5.74, 6) is -0.448. The monoisotopic (exact) mass is 229 g/mol. The maximum atomic E-state index is 11.1. The van der Waals surface area contributed by atoms with Crippen molar-refractivity contribution in [2.45, 2.75) is 44.4 Å². The highest BCUT2D eigenvalue weighted by atomic mass is 16.5.